The van der Waals surface area contributed by atoms with Gasteiger partial charge in [0.25, 0.3) is 0 Å². The first-order valence-corrected chi connectivity index (χ1v) is 6.39. The van der Waals surface area contributed by atoms with Crippen LogP contribution in [0.15, 0.2) is 60.7 Å². The third kappa shape index (κ3) is 3.56. The highest BCUT2D eigenvalue weighted by molar-refractivity contribution is 5.86. The number of hydrogen-bond acceptors (Lipinski definition) is 1. The van der Waals surface area contributed by atoms with Gasteiger partial charge in [-0.15, -0.1) is 0 Å². The maximum Gasteiger partial charge on any atom is 0.141 e. The standard InChI is InChI=1S/C15H14O.C2H6/c1-12(16)15(13-8-4-2-5-9-13)14-10-6-3-7-11-14;1-2/h2-11,15H,1H3;1-2H3. The van der Waals surface area contributed by atoms with Crippen LogP contribution in [0.4, 0.5) is 0 Å². The van der Waals surface area contributed by atoms with Crippen molar-refractivity contribution in [3.63, 3.8) is 0 Å². The maximum atomic E-state index is 11.7. The summed E-state index contributed by atoms with van der Waals surface area (Å²) in [6.45, 7) is 5.64. The van der Waals surface area contributed by atoms with E-state index >= 15 is 0 Å². The molecule has 18 heavy (non-hydrogen) atoms. The molecule has 0 saturated heterocycles. The first kappa shape index (κ1) is 14.2. The number of rotatable bonds is 3. The summed E-state index contributed by atoms with van der Waals surface area (Å²) in [6, 6.07) is 19.8. The Balaban J connectivity index is 0.000000771. The van der Waals surface area contributed by atoms with Crippen LogP contribution in [0, 0.1) is 0 Å². The summed E-state index contributed by atoms with van der Waals surface area (Å²) < 4.78 is 0. The minimum absolute atomic E-state index is 0.137. The molecule has 2 aromatic carbocycles. The summed E-state index contributed by atoms with van der Waals surface area (Å²) >= 11 is 0. The molecular formula is C17H20O. The predicted molar refractivity (Wildman–Crippen MR) is 76.8 cm³/mol. The molecule has 94 valence electrons. The second-order valence-corrected chi connectivity index (χ2v) is 3.87. The lowest BCUT2D eigenvalue weighted by Gasteiger charge is -2.14. The second-order valence-electron chi connectivity index (χ2n) is 3.87. The lowest BCUT2D eigenvalue weighted by molar-refractivity contribution is -0.117. The fraction of sp³-hybridized carbons (Fsp3) is 0.235. The molecule has 2 rings (SSSR count). The highest BCUT2D eigenvalue weighted by atomic mass is 16.1. The fourth-order valence-corrected chi connectivity index (χ4v) is 1.95. The molecule has 0 aromatic heterocycles. The number of hydrogen-bond donors (Lipinski definition) is 0. The summed E-state index contributed by atoms with van der Waals surface area (Å²) in [7, 11) is 0. The molecular weight excluding hydrogens is 220 g/mol. The zero-order valence-electron chi connectivity index (χ0n) is 11.3. The fourth-order valence-electron chi connectivity index (χ4n) is 1.95. The Morgan fingerprint density at radius 2 is 1.11 bits per heavy atom. The van der Waals surface area contributed by atoms with Gasteiger partial charge in [-0.25, -0.2) is 0 Å². The molecule has 0 unspecified atom stereocenters. The van der Waals surface area contributed by atoms with E-state index < -0.39 is 0 Å². The first-order valence-electron chi connectivity index (χ1n) is 6.39. The molecule has 0 N–H and O–H groups in total. The molecule has 0 fully saturated rings. The van der Waals surface area contributed by atoms with Crippen molar-refractivity contribution in [2.75, 3.05) is 0 Å². The van der Waals surface area contributed by atoms with Crippen molar-refractivity contribution in [1.29, 1.82) is 0 Å². The molecule has 2 aromatic rings. The summed E-state index contributed by atoms with van der Waals surface area (Å²) in [5.74, 6) is 0.0415. The zero-order valence-corrected chi connectivity index (χ0v) is 11.3. The minimum atomic E-state index is -0.137. The predicted octanol–water partition coefficient (Wildman–Crippen LogP) is 4.43. The Morgan fingerprint density at radius 1 is 0.778 bits per heavy atom. The van der Waals surface area contributed by atoms with Gasteiger partial charge in [-0.2, -0.15) is 0 Å². The van der Waals surface area contributed by atoms with Gasteiger partial charge in [0, 0.05) is 0 Å². The first-order chi connectivity index (χ1) is 8.79. The SMILES string of the molecule is CC.CC(=O)C(c1ccccc1)c1ccccc1. The smallest absolute Gasteiger partial charge is 0.141 e. The summed E-state index contributed by atoms with van der Waals surface area (Å²) in [6.07, 6.45) is 0. The van der Waals surface area contributed by atoms with Crippen molar-refractivity contribution in [1.82, 2.24) is 0 Å². The summed E-state index contributed by atoms with van der Waals surface area (Å²) in [5, 5.41) is 0. The highest BCUT2D eigenvalue weighted by Crippen LogP contribution is 2.24. The van der Waals surface area contributed by atoms with Crippen molar-refractivity contribution in [3.8, 4) is 0 Å². The molecule has 0 aliphatic carbocycles. The van der Waals surface area contributed by atoms with Gasteiger partial charge in [0.1, 0.15) is 5.78 Å². The Hall–Kier alpha value is -1.89. The molecule has 1 nitrogen and oxygen atoms in total. The minimum Gasteiger partial charge on any atom is -0.299 e. The van der Waals surface area contributed by atoms with Gasteiger partial charge in [0.2, 0.25) is 0 Å². The van der Waals surface area contributed by atoms with E-state index in [9.17, 15) is 4.79 Å². The van der Waals surface area contributed by atoms with E-state index in [2.05, 4.69) is 0 Å². The van der Waals surface area contributed by atoms with Gasteiger partial charge < -0.3 is 0 Å². The van der Waals surface area contributed by atoms with Gasteiger partial charge in [-0.3, -0.25) is 4.79 Å². The van der Waals surface area contributed by atoms with Crippen LogP contribution in [0.3, 0.4) is 0 Å². The molecule has 1 heteroatoms. The number of Topliss-reactive ketones (excluding diaryl/α,β-unsaturated/α-hetero) is 1. The van der Waals surface area contributed by atoms with Gasteiger partial charge in [0.15, 0.2) is 0 Å². The molecule has 0 amide bonds. The third-order valence-electron chi connectivity index (χ3n) is 2.67. The van der Waals surface area contributed by atoms with E-state index in [1.54, 1.807) is 6.92 Å². The second kappa shape index (κ2) is 7.44. The topological polar surface area (TPSA) is 17.1 Å². The quantitative estimate of drug-likeness (QED) is 0.775. The van der Waals surface area contributed by atoms with Crippen LogP contribution in [0.1, 0.15) is 37.8 Å². The highest BCUT2D eigenvalue weighted by Gasteiger charge is 2.17. The van der Waals surface area contributed by atoms with E-state index in [0.29, 0.717) is 0 Å². The van der Waals surface area contributed by atoms with Gasteiger partial charge in [-0.05, 0) is 18.1 Å². The van der Waals surface area contributed by atoms with Crippen LogP contribution in [0.5, 0.6) is 0 Å². The van der Waals surface area contributed by atoms with Crippen molar-refractivity contribution >= 4 is 5.78 Å². The van der Waals surface area contributed by atoms with E-state index in [1.165, 1.54) is 0 Å². The van der Waals surface area contributed by atoms with Crippen LogP contribution in [0.2, 0.25) is 0 Å². The van der Waals surface area contributed by atoms with Crippen LogP contribution in [-0.4, -0.2) is 5.78 Å². The Bertz CT molecular complexity index is 420. The number of carbonyl (C=O) groups is 1. The van der Waals surface area contributed by atoms with Gasteiger partial charge in [-0.1, -0.05) is 74.5 Å². The van der Waals surface area contributed by atoms with E-state index in [0.717, 1.165) is 11.1 Å². The molecule has 0 spiro atoms. The van der Waals surface area contributed by atoms with Crippen LogP contribution < -0.4 is 0 Å². The Labute approximate surface area is 109 Å². The monoisotopic (exact) mass is 240 g/mol. The molecule has 0 aliphatic rings. The number of ketones is 1. The zero-order chi connectivity index (χ0) is 13.4. The van der Waals surface area contributed by atoms with Crippen molar-refractivity contribution in [2.45, 2.75) is 26.7 Å². The Morgan fingerprint density at radius 3 is 1.39 bits per heavy atom. The molecule has 0 atom stereocenters. The normalized spacial score (nSPS) is 9.56. The van der Waals surface area contributed by atoms with Crippen LogP contribution >= 0.6 is 0 Å². The lowest BCUT2D eigenvalue weighted by Crippen LogP contribution is -2.10. The molecule has 0 aliphatic heterocycles. The maximum absolute atomic E-state index is 11.7. The van der Waals surface area contributed by atoms with Crippen molar-refractivity contribution < 1.29 is 4.79 Å². The lowest BCUT2D eigenvalue weighted by atomic mass is 9.88. The molecule has 0 bridgehead atoms. The average molecular weight is 240 g/mol. The van der Waals surface area contributed by atoms with E-state index in [1.807, 2.05) is 74.5 Å². The summed E-state index contributed by atoms with van der Waals surface area (Å²) in [5.41, 5.74) is 2.11. The number of carbonyl (C=O) groups excluding carboxylic acids is 1. The molecule has 0 saturated carbocycles. The largest absolute Gasteiger partial charge is 0.299 e. The molecule has 0 radical (unpaired) electrons. The van der Waals surface area contributed by atoms with Crippen LogP contribution in [0.25, 0.3) is 0 Å². The van der Waals surface area contributed by atoms with Crippen molar-refractivity contribution in [3.05, 3.63) is 71.8 Å². The van der Waals surface area contributed by atoms with Gasteiger partial charge >= 0.3 is 0 Å². The van der Waals surface area contributed by atoms with Crippen LogP contribution in [-0.2, 0) is 4.79 Å². The van der Waals surface area contributed by atoms with E-state index in [-0.39, 0.29) is 11.7 Å². The van der Waals surface area contributed by atoms with Crippen molar-refractivity contribution in [2.24, 2.45) is 0 Å². The Kier molecular flexibility index (Phi) is 5.86. The molecule has 0 heterocycles. The van der Waals surface area contributed by atoms with Gasteiger partial charge in [0.05, 0.1) is 5.92 Å². The number of benzene rings is 2. The summed E-state index contributed by atoms with van der Waals surface area (Å²) in [4.78, 5) is 11.7. The average Bonchev–Trinajstić information content (AvgIpc) is 2.43. The third-order valence-corrected chi connectivity index (χ3v) is 2.67. The van der Waals surface area contributed by atoms with E-state index in [4.69, 9.17) is 0 Å².